The molecule has 0 aliphatic heterocycles. The normalized spacial score (nSPS) is 13.5. The second-order valence-corrected chi connectivity index (χ2v) is 4.84. The highest BCUT2D eigenvalue weighted by Crippen LogP contribution is 2.11. The van der Waals surface area contributed by atoms with Crippen LogP contribution in [-0.2, 0) is 6.54 Å². The number of rotatable bonds is 5. The van der Waals surface area contributed by atoms with E-state index in [1.54, 1.807) is 11.3 Å². The van der Waals surface area contributed by atoms with E-state index in [1.165, 1.54) is 6.42 Å². The maximum atomic E-state index is 4.51. The van der Waals surface area contributed by atoms with Crippen LogP contribution in [-0.4, -0.2) is 15.9 Å². The number of nitrogens with zero attached hydrogens (tertiary/aromatic N) is 2. The van der Waals surface area contributed by atoms with Crippen LogP contribution in [0.5, 0.6) is 0 Å². The van der Waals surface area contributed by atoms with E-state index in [1.807, 2.05) is 6.20 Å². The summed E-state index contributed by atoms with van der Waals surface area (Å²) in [6.45, 7) is 6.43. The van der Waals surface area contributed by atoms with Crippen molar-refractivity contribution in [2.45, 2.75) is 26.8 Å². The number of nitrogens with one attached hydrogen (secondary N) is 1. The smallest absolute Gasteiger partial charge is 0.193 e. The van der Waals surface area contributed by atoms with E-state index in [0.29, 0.717) is 0 Å². The van der Waals surface area contributed by atoms with Crippen LogP contribution in [0.4, 0.5) is 0 Å². The van der Waals surface area contributed by atoms with E-state index in [4.69, 9.17) is 0 Å². The summed E-state index contributed by atoms with van der Waals surface area (Å²) in [5.74, 6) is 0.744. The molecule has 2 rings (SSSR count). The minimum atomic E-state index is 0.744. The fourth-order valence-corrected chi connectivity index (χ4v) is 2.17. The number of hydrogen-bond donors (Lipinski definition) is 1. The summed E-state index contributed by atoms with van der Waals surface area (Å²) in [4.78, 5) is 5.59. The molecule has 3 nitrogen and oxygen atoms in total. The Labute approximate surface area is 94.1 Å². The predicted molar refractivity (Wildman–Crippen MR) is 64.2 cm³/mol. The lowest BCUT2D eigenvalue weighted by atomic mass is 10.1. The van der Waals surface area contributed by atoms with Gasteiger partial charge in [-0.25, -0.2) is 4.98 Å². The van der Waals surface area contributed by atoms with Crippen molar-refractivity contribution in [3.63, 3.8) is 0 Å². The number of aromatic nitrogens is 2. The van der Waals surface area contributed by atoms with Crippen LogP contribution in [0.1, 0.15) is 26.0 Å². The van der Waals surface area contributed by atoms with Crippen LogP contribution in [0.2, 0.25) is 0 Å². The second-order valence-electron chi connectivity index (χ2n) is 3.97. The van der Waals surface area contributed by atoms with Crippen molar-refractivity contribution in [1.29, 1.82) is 0 Å². The summed E-state index contributed by atoms with van der Waals surface area (Å²) in [5.41, 5.74) is 1.13. The van der Waals surface area contributed by atoms with E-state index in [0.717, 1.165) is 29.7 Å². The molecule has 0 aliphatic rings. The molecule has 2 aromatic rings. The minimum Gasteiger partial charge on any atom is -0.311 e. The topological polar surface area (TPSA) is 29.3 Å². The van der Waals surface area contributed by atoms with E-state index in [-0.39, 0.29) is 0 Å². The first-order chi connectivity index (χ1) is 7.29. The Morgan fingerprint density at radius 1 is 1.60 bits per heavy atom. The highest BCUT2D eigenvalue weighted by molar-refractivity contribution is 7.15. The minimum absolute atomic E-state index is 0.744. The quantitative estimate of drug-likeness (QED) is 0.844. The molecule has 2 heterocycles. The number of hydrogen-bond acceptors (Lipinski definition) is 3. The molecule has 0 aliphatic carbocycles. The van der Waals surface area contributed by atoms with Gasteiger partial charge in [-0.1, -0.05) is 20.3 Å². The predicted octanol–water partition coefficient (Wildman–Crippen LogP) is 2.53. The lowest BCUT2D eigenvalue weighted by Gasteiger charge is -2.08. The first-order valence-corrected chi connectivity index (χ1v) is 6.29. The molecule has 1 unspecified atom stereocenters. The first kappa shape index (κ1) is 10.6. The molecule has 0 amide bonds. The van der Waals surface area contributed by atoms with Crippen LogP contribution in [0.3, 0.4) is 0 Å². The van der Waals surface area contributed by atoms with E-state index in [9.17, 15) is 0 Å². The van der Waals surface area contributed by atoms with Crippen molar-refractivity contribution < 1.29 is 0 Å². The lowest BCUT2D eigenvalue weighted by molar-refractivity contribution is 0.498. The van der Waals surface area contributed by atoms with Gasteiger partial charge >= 0.3 is 0 Å². The number of imidazole rings is 1. The van der Waals surface area contributed by atoms with Crippen molar-refractivity contribution in [3.05, 3.63) is 23.5 Å². The number of thiazole rings is 1. The average Bonchev–Trinajstić information content (AvgIpc) is 2.77. The van der Waals surface area contributed by atoms with Crippen LogP contribution in [0.25, 0.3) is 4.96 Å². The number of fused-ring (bicyclic) bond motifs is 1. The molecule has 15 heavy (non-hydrogen) atoms. The Morgan fingerprint density at radius 2 is 2.47 bits per heavy atom. The maximum absolute atomic E-state index is 4.51. The van der Waals surface area contributed by atoms with Gasteiger partial charge in [0.05, 0.1) is 5.69 Å². The molecule has 0 bridgehead atoms. The Bertz CT molecular complexity index is 390. The van der Waals surface area contributed by atoms with Crippen LogP contribution >= 0.6 is 11.3 Å². The fraction of sp³-hybridized carbons (Fsp3) is 0.545. The maximum Gasteiger partial charge on any atom is 0.193 e. The van der Waals surface area contributed by atoms with E-state index in [2.05, 4.69) is 40.1 Å². The highest BCUT2D eigenvalue weighted by Gasteiger charge is 2.02. The van der Waals surface area contributed by atoms with Crippen LogP contribution < -0.4 is 5.32 Å². The Hall–Kier alpha value is -0.870. The summed E-state index contributed by atoms with van der Waals surface area (Å²) in [6.07, 6.45) is 5.37. The van der Waals surface area contributed by atoms with Gasteiger partial charge in [-0.2, -0.15) is 0 Å². The Morgan fingerprint density at radius 3 is 3.20 bits per heavy atom. The van der Waals surface area contributed by atoms with Crippen LogP contribution in [0.15, 0.2) is 17.8 Å². The van der Waals surface area contributed by atoms with Gasteiger partial charge in [-0.05, 0) is 12.5 Å². The standard InChI is InChI=1S/C11H17N3S/c1-3-9(2)6-12-7-10-8-14-4-5-15-11(14)13-10/h4-5,8-9,12H,3,6-7H2,1-2H3. The molecule has 0 saturated heterocycles. The van der Waals surface area contributed by atoms with E-state index < -0.39 is 0 Å². The highest BCUT2D eigenvalue weighted by atomic mass is 32.1. The van der Waals surface area contributed by atoms with Gasteiger partial charge in [0.25, 0.3) is 0 Å². The first-order valence-electron chi connectivity index (χ1n) is 5.41. The van der Waals surface area contributed by atoms with Gasteiger partial charge in [0.2, 0.25) is 0 Å². The van der Waals surface area contributed by atoms with Gasteiger partial charge in [0.1, 0.15) is 0 Å². The average molecular weight is 223 g/mol. The summed E-state index contributed by atoms with van der Waals surface area (Å²) in [6, 6.07) is 0. The third kappa shape index (κ3) is 2.58. The van der Waals surface area contributed by atoms with Crippen molar-refractivity contribution in [1.82, 2.24) is 14.7 Å². The molecule has 0 fully saturated rings. The van der Waals surface area contributed by atoms with Gasteiger partial charge in [0.15, 0.2) is 4.96 Å². The SMILES string of the molecule is CCC(C)CNCc1cn2ccsc2n1. The molecule has 82 valence electrons. The Balaban J connectivity index is 1.87. The molecule has 0 spiro atoms. The van der Waals surface area contributed by atoms with Crippen molar-refractivity contribution in [2.75, 3.05) is 6.54 Å². The summed E-state index contributed by atoms with van der Waals surface area (Å²) in [5, 5.41) is 5.49. The lowest BCUT2D eigenvalue weighted by Crippen LogP contribution is -2.20. The molecule has 2 aromatic heterocycles. The summed E-state index contributed by atoms with van der Waals surface area (Å²) < 4.78 is 2.07. The fourth-order valence-electron chi connectivity index (χ4n) is 1.45. The zero-order valence-electron chi connectivity index (χ0n) is 9.23. The molecular weight excluding hydrogens is 206 g/mol. The third-order valence-corrected chi connectivity index (χ3v) is 3.41. The molecular formula is C11H17N3S. The van der Waals surface area contributed by atoms with Crippen molar-refractivity contribution in [3.8, 4) is 0 Å². The monoisotopic (exact) mass is 223 g/mol. The van der Waals surface area contributed by atoms with Gasteiger partial charge in [0, 0.05) is 24.3 Å². The van der Waals surface area contributed by atoms with Gasteiger partial charge in [-0.3, -0.25) is 4.40 Å². The zero-order chi connectivity index (χ0) is 10.7. The van der Waals surface area contributed by atoms with Crippen molar-refractivity contribution in [2.24, 2.45) is 5.92 Å². The largest absolute Gasteiger partial charge is 0.311 e. The van der Waals surface area contributed by atoms with Gasteiger partial charge in [-0.15, -0.1) is 11.3 Å². The molecule has 1 atom stereocenters. The van der Waals surface area contributed by atoms with Crippen LogP contribution in [0, 0.1) is 5.92 Å². The summed E-state index contributed by atoms with van der Waals surface area (Å²) in [7, 11) is 0. The molecule has 0 radical (unpaired) electrons. The Kier molecular flexibility index (Phi) is 3.38. The van der Waals surface area contributed by atoms with Crippen molar-refractivity contribution >= 4 is 16.3 Å². The third-order valence-electron chi connectivity index (χ3n) is 2.64. The van der Waals surface area contributed by atoms with Gasteiger partial charge < -0.3 is 5.32 Å². The molecule has 0 saturated carbocycles. The van der Waals surface area contributed by atoms with E-state index >= 15 is 0 Å². The second kappa shape index (κ2) is 4.77. The summed E-state index contributed by atoms with van der Waals surface area (Å²) >= 11 is 1.68. The molecule has 4 heteroatoms. The molecule has 1 N–H and O–H groups in total. The zero-order valence-corrected chi connectivity index (χ0v) is 10.0. The molecule has 0 aromatic carbocycles.